The highest BCUT2D eigenvalue weighted by molar-refractivity contribution is 6.07. The smallest absolute Gasteiger partial charge is 0.185 e. The quantitative estimate of drug-likeness (QED) is 0.510. The summed E-state index contributed by atoms with van der Waals surface area (Å²) >= 11 is 0. The Kier molecular flexibility index (Phi) is 5.20. The van der Waals surface area contributed by atoms with Crippen LogP contribution in [0.25, 0.3) is 6.08 Å². The molecule has 0 spiro atoms. The molecule has 0 aliphatic carbocycles. The number of anilines is 1. The van der Waals surface area contributed by atoms with Gasteiger partial charge in [0.15, 0.2) is 12.5 Å². The van der Waals surface area contributed by atoms with Crippen LogP contribution in [0.2, 0.25) is 0 Å². The number of aromatic hydroxyl groups is 1. The molecule has 1 aliphatic heterocycles. The SMILES string of the molecule is COc1ccc(N2COc3ccc(C(=O)/C=C/c4ccccc4O)cc3C2)cc1. The summed E-state index contributed by atoms with van der Waals surface area (Å²) in [5, 5.41) is 9.83. The highest BCUT2D eigenvalue weighted by Gasteiger charge is 2.19. The van der Waals surface area contributed by atoms with E-state index >= 15 is 0 Å². The summed E-state index contributed by atoms with van der Waals surface area (Å²) in [6.07, 6.45) is 3.10. The fourth-order valence-corrected chi connectivity index (χ4v) is 3.24. The predicted molar refractivity (Wildman–Crippen MR) is 113 cm³/mol. The van der Waals surface area contributed by atoms with Gasteiger partial charge >= 0.3 is 0 Å². The molecule has 5 heteroatoms. The normalized spacial score (nSPS) is 13.1. The van der Waals surface area contributed by atoms with Crippen molar-refractivity contribution in [2.45, 2.75) is 6.54 Å². The number of benzene rings is 3. The lowest BCUT2D eigenvalue weighted by Gasteiger charge is -2.31. The number of ether oxygens (including phenoxy) is 2. The van der Waals surface area contributed by atoms with Crippen LogP contribution in [-0.2, 0) is 6.54 Å². The van der Waals surface area contributed by atoms with Crippen LogP contribution < -0.4 is 14.4 Å². The van der Waals surface area contributed by atoms with Crippen molar-refractivity contribution in [3.8, 4) is 17.2 Å². The van der Waals surface area contributed by atoms with Crippen molar-refractivity contribution in [1.29, 1.82) is 0 Å². The van der Waals surface area contributed by atoms with Gasteiger partial charge in [0.1, 0.15) is 17.2 Å². The number of nitrogens with zero attached hydrogens (tertiary/aromatic N) is 1. The van der Waals surface area contributed by atoms with E-state index in [1.165, 1.54) is 6.08 Å². The van der Waals surface area contributed by atoms with Gasteiger partial charge in [-0.1, -0.05) is 18.2 Å². The molecular weight excluding hydrogens is 366 g/mol. The van der Waals surface area contributed by atoms with Gasteiger partial charge in [0, 0.05) is 28.9 Å². The zero-order valence-corrected chi connectivity index (χ0v) is 16.0. The average molecular weight is 387 g/mol. The van der Waals surface area contributed by atoms with Crippen molar-refractivity contribution < 1.29 is 19.4 Å². The number of methoxy groups -OCH3 is 1. The minimum Gasteiger partial charge on any atom is -0.507 e. The van der Waals surface area contributed by atoms with E-state index in [9.17, 15) is 9.90 Å². The van der Waals surface area contributed by atoms with E-state index in [2.05, 4.69) is 4.90 Å². The van der Waals surface area contributed by atoms with E-state index in [1.807, 2.05) is 42.5 Å². The van der Waals surface area contributed by atoms with E-state index < -0.39 is 0 Å². The first kappa shape index (κ1) is 18.6. The first-order valence-electron chi connectivity index (χ1n) is 9.29. The second-order valence-electron chi connectivity index (χ2n) is 6.75. The van der Waals surface area contributed by atoms with Gasteiger partial charge in [-0.25, -0.2) is 0 Å². The number of hydrogen-bond acceptors (Lipinski definition) is 5. The maximum absolute atomic E-state index is 12.6. The maximum atomic E-state index is 12.6. The number of carbonyl (C=O) groups is 1. The van der Waals surface area contributed by atoms with Crippen LogP contribution in [-0.4, -0.2) is 24.7 Å². The summed E-state index contributed by atoms with van der Waals surface area (Å²) < 4.78 is 11.1. The zero-order valence-electron chi connectivity index (χ0n) is 16.0. The lowest BCUT2D eigenvalue weighted by molar-refractivity contribution is 0.104. The van der Waals surface area contributed by atoms with Crippen molar-refractivity contribution in [3.63, 3.8) is 0 Å². The predicted octanol–water partition coefficient (Wildman–Crippen LogP) is 4.65. The highest BCUT2D eigenvalue weighted by atomic mass is 16.5. The Hall–Kier alpha value is -3.73. The molecule has 0 bridgehead atoms. The molecule has 1 heterocycles. The minimum absolute atomic E-state index is 0.127. The van der Waals surface area contributed by atoms with Crippen LogP contribution in [0, 0.1) is 0 Å². The van der Waals surface area contributed by atoms with Crippen molar-refractivity contribution in [3.05, 3.63) is 89.5 Å². The Morgan fingerprint density at radius 2 is 1.90 bits per heavy atom. The number of phenolic OH excluding ortho intramolecular Hbond substituents is 1. The van der Waals surface area contributed by atoms with Gasteiger partial charge in [-0.05, 0) is 60.7 Å². The van der Waals surface area contributed by atoms with Crippen molar-refractivity contribution in [2.24, 2.45) is 0 Å². The average Bonchev–Trinajstić information content (AvgIpc) is 2.77. The van der Waals surface area contributed by atoms with E-state index in [0.29, 0.717) is 24.4 Å². The summed E-state index contributed by atoms with van der Waals surface area (Å²) in [6, 6.07) is 20.2. The Balaban J connectivity index is 1.52. The fourth-order valence-electron chi connectivity index (χ4n) is 3.24. The zero-order chi connectivity index (χ0) is 20.2. The van der Waals surface area contributed by atoms with Gasteiger partial charge in [-0.2, -0.15) is 0 Å². The van der Waals surface area contributed by atoms with Crippen molar-refractivity contribution in [1.82, 2.24) is 0 Å². The number of para-hydroxylation sites is 1. The number of carbonyl (C=O) groups excluding carboxylic acids is 1. The standard InChI is InChI=1S/C24H21NO4/c1-28-21-10-8-20(9-11-21)25-15-19-14-18(7-13-24(19)29-16-25)23(27)12-6-17-4-2-3-5-22(17)26/h2-14,26H,15-16H2,1H3/b12-6+. The molecule has 0 unspecified atom stereocenters. The van der Waals surface area contributed by atoms with Crippen LogP contribution in [0.5, 0.6) is 17.2 Å². The van der Waals surface area contributed by atoms with Gasteiger partial charge in [0.05, 0.1) is 7.11 Å². The number of phenols is 1. The maximum Gasteiger partial charge on any atom is 0.185 e. The molecule has 3 aromatic carbocycles. The molecule has 1 N–H and O–H groups in total. The lowest BCUT2D eigenvalue weighted by atomic mass is 10.0. The Bertz CT molecular complexity index is 1060. The van der Waals surface area contributed by atoms with Crippen molar-refractivity contribution >= 4 is 17.5 Å². The third kappa shape index (κ3) is 4.09. The minimum atomic E-state index is -0.127. The second-order valence-corrected chi connectivity index (χ2v) is 6.75. The monoisotopic (exact) mass is 387 g/mol. The van der Waals surface area contributed by atoms with Gasteiger partial charge in [0.2, 0.25) is 0 Å². The number of allylic oxidation sites excluding steroid dienone is 1. The molecule has 4 rings (SSSR count). The topological polar surface area (TPSA) is 59.0 Å². The molecule has 0 amide bonds. The molecule has 0 saturated heterocycles. The Morgan fingerprint density at radius 1 is 1.10 bits per heavy atom. The number of ketones is 1. The molecule has 3 aromatic rings. The number of fused-ring (bicyclic) bond motifs is 1. The Morgan fingerprint density at radius 3 is 2.66 bits per heavy atom. The van der Waals surface area contributed by atoms with Gasteiger partial charge in [0.25, 0.3) is 0 Å². The highest BCUT2D eigenvalue weighted by Crippen LogP contribution is 2.30. The summed E-state index contributed by atoms with van der Waals surface area (Å²) in [5.41, 5.74) is 3.16. The van der Waals surface area contributed by atoms with E-state index in [0.717, 1.165) is 22.7 Å². The molecule has 5 nitrogen and oxygen atoms in total. The van der Waals surface area contributed by atoms with E-state index in [4.69, 9.17) is 9.47 Å². The summed E-state index contributed by atoms with van der Waals surface area (Å²) in [7, 11) is 1.64. The third-order valence-electron chi connectivity index (χ3n) is 4.87. The van der Waals surface area contributed by atoms with Crippen molar-refractivity contribution in [2.75, 3.05) is 18.7 Å². The Labute approximate surface area is 169 Å². The summed E-state index contributed by atoms with van der Waals surface area (Å²) in [5.74, 6) is 1.61. The molecule has 1 aliphatic rings. The molecule has 0 saturated carbocycles. The number of rotatable bonds is 5. The largest absolute Gasteiger partial charge is 0.507 e. The first-order chi connectivity index (χ1) is 14.1. The van der Waals surface area contributed by atoms with Gasteiger partial charge in [-0.3, -0.25) is 4.79 Å². The first-order valence-corrected chi connectivity index (χ1v) is 9.29. The lowest BCUT2D eigenvalue weighted by Crippen LogP contribution is -2.31. The van der Waals surface area contributed by atoms with Crippen LogP contribution >= 0.6 is 0 Å². The molecular formula is C24H21NO4. The van der Waals surface area contributed by atoms with E-state index in [-0.39, 0.29) is 11.5 Å². The van der Waals surface area contributed by atoms with Crippen LogP contribution in [0.1, 0.15) is 21.5 Å². The van der Waals surface area contributed by atoms with Gasteiger partial charge < -0.3 is 19.5 Å². The molecule has 0 radical (unpaired) electrons. The summed E-state index contributed by atoms with van der Waals surface area (Å²) in [4.78, 5) is 14.7. The summed E-state index contributed by atoms with van der Waals surface area (Å²) in [6.45, 7) is 1.09. The second kappa shape index (κ2) is 8.10. The van der Waals surface area contributed by atoms with Crippen LogP contribution in [0.3, 0.4) is 0 Å². The third-order valence-corrected chi connectivity index (χ3v) is 4.87. The fraction of sp³-hybridized carbons (Fsp3) is 0.125. The number of hydrogen-bond donors (Lipinski definition) is 1. The van der Waals surface area contributed by atoms with Crippen LogP contribution in [0.4, 0.5) is 5.69 Å². The molecule has 29 heavy (non-hydrogen) atoms. The molecule has 146 valence electrons. The molecule has 0 atom stereocenters. The van der Waals surface area contributed by atoms with E-state index in [1.54, 1.807) is 37.5 Å². The molecule has 0 aromatic heterocycles. The van der Waals surface area contributed by atoms with Crippen LogP contribution in [0.15, 0.2) is 72.8 Å². The van der Waals surface area contributed by atoms with Gasteiger partial charge in [-0.15, -0.1) is 0 Å². The molecule has 0 fully saturated rings.